The maximum atomic E-state index is 13.1. The Labute approximate surface area is 132 Å². The molecule has 0 saturated carbocycles. The number of ether oxygens (including phenoxy) is 1. The van der Waals surface area contributed by atoms with Gasteiger partial charge >= 0.3 is 0 Å². The minimum absolute atomic E-state index is 0.165. The van der Waals surface area contributed by atoms with Crippen LogP contribution in [0.3, 0.4) is 0 Å². The van der Waals surface area contributed by atoms with Crippen LogP contribution in [-0.4, -0.2) is 40.8 Å². The lowest BCUT2D eigenvalue weighted by atomic mass is 10.0. The second-order valence-corrected chi connectivity index (χ2v) is 5.53. The van der Waals surface area contributed by atoms with E-state index in [1.165, 1.54) is 30.2 Å². The number of likely N-dealkylation sites (tertiary alicyclic amines) is 1. The second kappa shape index (κ2) is 6.47. The van der Waals surface area contributed by atoms with Crippen molar-refractivity contribution in [1.82, 2.24) is 10.1 Å². The summed E-state index contributed by atoms with van der Waals surface area (Å²) in [4.78, 5) is 14.2. The standard InChI is InChI=1S/C16H17FN2O4/c1-22-9-13-7-14(18-23-13)16(21)19-8-12(20)6-15(19)10-2-4-11(17)5-3-10/h2-5,7,12,15,20H,6,8-9H2,1H3. The summed E-state index contributed by atoms with van der Waals surface area (Å²) in [5, 5.41) is 13.7. The van der Waals surface area contributed by atoms with Crippen LogP contribution in [0.1, 0.15) is 34.3 Å². The van der Waals surface area contributed by atoms with Crippen molar-refractivity contribution in [2.75, 3.05) is 13.7 Å². The fourth-order valence-electron chi connectivity index (χ4n) is 2.81. The van der Waals surface area contributed by atoms with Crippen LogP contribution in [0.4, 0.5) is 4.39 Å². The fourth-order valence-corrected chi connectivity index (χ4v) is 2.81. The first-order valence-corrected chi connectivity index (χ1v) is 7.27. The monoisotopic (exact) mass is 320 g/mol. The molecule has 0 spiro atoms. The predicted octanol–water partition coefficient (Wildman–Crippen LogP) is 1.91. The zero-order chi connectivity index (χ0) is 16.4. The number of hydrogen-bond donors (Lipinski definition) is 1. The molecule has 122 valence electrons. The van der Waals surface area contributed by atoms with E-state index in [0.29, 0.717) is 12.2 Å². The van der Waals surface area contributed by atoms with Crippen molar-refractivity contribution in [2.24, 2.45) is 0 Å². The predicted molar refractivity (Wildman–Crippen MR) is 78.0 cm³/mol. The van der Waals surface area contributed by atoms with Crippen LogP contribution in [0.15, 0.2) is 34.9 Å². The van der Waals surface area contributed by atoms with Gasteiger partial charge in [0.15, 0.2) is 11.5 Å². The summed E-state index contributed by atoms with van der Waals surface area (Å²) >= 11 is 0. The van der Waals surface area contributed by atoms with Gasteiger partial charge in [-0.3, -0.25) is 4.79 Å². The number of carbonyl (C=O) groups is 1. The third-order valence-corrected chi connectivity index (χ3v) is 3.86. The third-order valence-electron chi connectivity index (χ3n) is 3.86. The molecule has 1 aliphatic heterocycles. The molecule has 1 fully saturated rings. The van der Waals surface area contributed by atoms with Gasteiger partial charge < -0.3 is 19.3 Å². The normalized spacial score (nSPS) is 20.9. The third kappa shape index (κ3) is 3.25. The lowest BCUT2D eigenvalue weighted by Crippen LogP contribution is -2.32. The lowest BCUT2D eigenvalue weighted by molar-refractivity contribution is 0.0704. The van der Waals surface area contributed by atoms with Crippen molar-refractivity contribution in [3.63, 3.8) is 0 Å². The zero-order valence-corrected chi connectivity index (χ0v) is 12.6. The summed E-state index contributed by atoms with van der Waals surface area (Å²) in [7, 11) is 1.52. The quantitative estimate of drug-likeness (QED) is 0.931. The van der Waals surface area contributed by atoms with Crippen LogP contribution < -0.4 is 0 Å². The number of amides is 1. The average Bonchev–Trinajstić information content (AvgIpc) is 3.15. The molecule has 3 rings (SSSR count). The van der Waals surface area contributed by atoms with Gasteiger partial charge in [-0.15, -0.1) is 0 Å². The number of aliphatic hydroxyl groups is 1. The first-order chi connectivity index (χ1) is 11.1. The molecule has 2 heterocycles. The van der Waals surface area contributed by atoms with Crippen molar-refractivity contribution in [3.8, 4) is 0 Å². The maximum Gasteiger partial charge on any atom is 0.276 e. The van der Waals surface area contributed by atoms with Crippen LogP contribution in [0.5, 0.6) is 0 Å². The highest BCUT2D eigenvalue weighted by molar-refractivity contribution is 5.92. The molecule has 23 heavy (non-hydrogen) atoms. The van der Waals surface area contributed by atoms with Crippen molar-refractivity contribution >= 4 is 5.91 Å². The summed E-state index contributed by atoms with van der Waals surface area (Å²) in [5.41, 5.74) is 0.940. The van der Waals surface area contributed by atoms with Gasteiger partial charge in [0, 0.05) is 19.7 Å². The van der Waals surface area contributed by atoms with E-state index < -0.39 is 6.10 Å². The van der Waals surface area contributed by atoms with E-state index in [1.54, 1.807) is 12.1 Å². The SMILES string of the molecule is COCc1cc(C(=O)N2CC(O)CC2c2ccc(F)cc2)no1. The number of β-amino-alcohol motifs (C(OH)–C–C–N with tert-alkyl or cyclic N) is 1. The van der Waals surface area contributed by atoms with Gasteiger partial charge in [0.1, 0.15) is 12.4 Å². The molecule has 6 nitrogen and oxygen atoms in total. The highest BCUT2D eigenvalue weighted by atomic mass is 19.1. The number of methoxy groups -OCH3 is 1. The topological polar surface area (TPSA) is 75.8 Å². The fraction of sp³-hybridized carbons (Fsp3) is 0.375. The Hall–Kier alpha value is -2.25. The largest absolute Gasteiger partial charge is 0.391 e. The van der Waals surface area contributed by atoms with E-state index in [2.05, 4.69) is 5.16 Å². The highest BCUT2D eigenvalue weighted by Crippen LogP contribution is 2.33. The molecule has 1 saturated heterocycles. The first kappa shape index (κ1) is 15.6. The summed E-state index contributed by atoms with van der Waals surface area (Å²) in [6.07, 6.45) is -0.223. The van der Waals surface area contributed by atoms with Gasteiger partial charge in [-0.05, 0) is 24.1 Å². The van der Waals surface area contributed by atoms with Crippen LogP contribution in [0.2, 0.25) is 0 Å². The van der Waals surface area contributed by atoms with E-state index in [-0.39, 0.29) is 36.6 Å². The van der Waals surface area contributed by atoms with Crippen molar-refractivity contribution in [1.29, 1.82) is 0 Å². The summed E-state index contributed by atoms with van der Waals surface area (Å²) in [5.74, 6) is -0.221. The van der Waals surface area contributed by atoms with E-state index in [4.69, 9.17) is 9.26 Å². The number of aromatic nitrogens is 1. The number of nitrogens with zero attached hydrogens (tertiary/aromatic N) is 2. The Morgan fingerprint density at radius 1 is 1.48 bits per heavy atom. The molecule has 1 aromatic carbocycles. The number of carbonyl (C=O) groups excluding carboxylic acids is 1. The number of benzene rings is 1. The number of rotatable bonds is 4. The Morgan fingerprint density at radius 2 is 2.22 bits per heavy atom. The Bertz CT molecular complexity index is 686. The number of hydrogen-bond acceptors (Lipinski definition) is 5. The molecule has 7 heteroatoms. The minimum atomic E-state index is -0.626. The van der Waals surface area contributed by atoms with Gasteiger partial charge in [0.25, 0.3) is 5.91 Å². The highest BCUT2D eigenvalue weighted by Gasteiger charge is 2.36. The van der Waals surface area contributed by atoms with Crippen molar-refractivity contribution in [3.05, 3.63) is 53.2 Å². The first-order valence-electron chi connectivity index (χ1n) is 7.27. The summed E-state index contributed by atoms with van der Waals surface area (Å²) < 4.78 is 23.0. The number of aliphatic hydroxyl groups excluding tert-OH is 1. The zero-order valence-electron chi connectivity index (χ0n) is 12.6. The Kier molecular flexibility index (Phi) is 4.40. The van der Waals surface area contributed by atoms with Gasteiger partial charge in [0.05, 0.1) is 12.1 Å². The summed E-state index contributed by atoms with van der Waals surface area (Å²) in [6.45, 7) is 0.428. The maximum absolute atomic E-state index is 13.1. The summed E-state index contributed by atoms with van der Waals surface area (Å²) in [6, 6.07) is 7.14. The molecule has 2 unspecified atom stereocenters. The molecule has 2 atom stereocenters. The van der Waals surface area contributed by atoms with Gasteiger partial charge in [-0.2, -0.15) is 0 Å². The van der Waals surface area contributed by atoms with Gasteiger partial charge in [-0.1, -0.05) is 17.3 Å². The van der Waals surface area contributed by atoms with Crippen molar-refractivity contribution in [2.45, 2.75) is 25.2 Å². The van der Waals surface area contributed by atoms with Crippen LogP contribution >= 0.6 is 0 Å². The molecule has 1 amide bonds. The molecule has 1 aromatic heterocycles. The molecule has 0 bridgehead atoms. The molecular weight excluding hydrogens is 303 g/mol. The smallest absolute Gasteiger partial charge is 0.276 e. The molecular formula is C16H17FN2O4. The molecule has 1 N–H and O–H groups in total. The number of halogens is 1. The molecule has 0 radical (unpaired) electrons. The Balaban J connectivity index is 1.83. The lowest BCUT2D eigenvalue weighted by Gasteiger charge is -2.23. The molecule has 0 aliphatic carbocycles. The van der Waals surface area contributed by atoms with Crippen LogP contribution in [-0.2, 0) is 11.3 Å². The minimum Gasteiger partial charge on any atom is -0.391 e. The van der Waals surface area contributed by atoms with E-state index >= 15 is 0 Å². The van der Waals surface area contributed by atoms with Gasteiger partial charge in [-0.25, -0.2) is 4.39 Å². The molecule has 2 aromatic rings. The van der Waals surface area contributed by atoms with E-state index in [0.717, 1.165) is 5.56 Å². The van der Waals surface area contributed by atoms with Crippen LogP contribution in [0, 0.1) is 5.82 Å². The van der Waals surface area contributed by atoms with E-state index in [9.17, 15) is 14.3 Å². The van der Waals surface area contributed by atoms with Crippen LogP contribution in [0.25, 0.3) is 0 Å². The second-order valence-electron chi connectivity index (χ2n) is 5.53. The van der Waals surface area contributed by atoms with Crippen molar-refractivity contribution < 1.29 is 23.6 Å². The van der Waals surface area contributed by atoms with E-state index in [1.807, 2.05) is 0 Å². The van der Waals surface area contributed by atoms with Gasteiger partial charge in [0.2, 0.25) is 0 Å². The Morgan fingerprint density at radius 3 is 2.91 bits per heavy atom. The average molecular weight is 320 g/mol. The molecule has 1 aliphatic rings.